The molecule has 29 heavy (non-hydrogen) atoms. The Bertz CT molecular complexity index is 1460. The van der Waals surface area contributed by atoms with Gasteiger partial charge in [0.15, 0.2) is 0 Å². The van der Waals surface area contributed by atoms with E-state index in [0.717, 1.165) is 28.4 Å². The molecule has 0 aliphatic heterocycles. The fourth-order valence-corrected chi connectivity index (χ4v) is 3.89. The van der Waals surface area contributed by atoms with Crippen molar-refractivity contribution in [2.75, 3.05) is 5.32 Å². The molecule has 0 radical (unpaired) electrons. The monoisotopic (exact) mass is 382 g/mol. The van der Waals surface area contributed by atoms with E-state index in [0.29, 0.717) is 16.7 Å². The molecule has 0 atom stereocenters. The van der Waals surface area contributed by atoms with E-state index < -0.39 is 11.5 Å². The van der Waals surface area contributed by atoms with Crippen molar-refractivity contribution in [2.45, 2.75) is 13.5 Å². The summed E-state index contributed by atoms with van der Waals surface area (Å²) in [6.07, 6.45) is 0. The molecule has 5 aromatic rings. The molecule has 142 valence electrons. The Morgan fingerprint density at radius 3 is 2.55 bits per heavy atom. The molecule has 2 heterocycles. The van der Waals surface area contributed by atoms with Crippen LogP contribution in [-0.4, -0.2) is 10.5 Å². The normalized spacial score (nSPS) is 11.3. The van der Waals surface area contributed by atoms with E-state index in [1.54, 1.807) is 24.3 Å². The summed E-state index contributed by atoms with van der Waals surface area (Å²) in [5.74, 6) is -0.483. The van der Waals surface area contributed by atoms with E-state index in [1.165, 1.54) is 0 Å². The predicted octanol–water partition coefficient (Wildman–Crippen LogP) is 5.17. The van der Waals surface area contributed by atoms with Crippen molar-refractivity contribution in [1.29, 1.82) is 0 Å². The summed E-state index contributed by atoms with van der Waals surface area (Å²) in [5, 5.41) is 5.74. The lowest BCUT2D eigenvalue weighted by atomic mass is 10.1. The number of fused-ring (bicyclic) bond motifs is 4. The van der Waals surface area contributed by atoms with Crippen LogP contribution in [0.4, 0.5) is 5.69 Å². The number of carbonyl (C=O) groups is 1. The van der Waals surface area contributed by atoms with E-state index in [2.05, 4.69) is 28.9 Å². The van der Waals surface area contributed by atoms with Crippen LogP contribution in [0.5, 0.6) is 0 Å². The highest BCUT2D eigenvalue weighted by Crippen LogP contribution is 2.31. The Hall–Kier alpha value is -3.86. The summed E-state index contributed by atoms with van der Waals surface area (Å²) in [6.45, 7) is 2.97. The molecule has 0 bridgehead atoms. The number of aryl methyl sites for hydroxylation is 1. The van der Waals surface area contributed by atoms with Gasteiger partial charge >= 0.3 is 5.63 Å². The summed E-state index contributed by atoms with van der Waals surface area (Å²) in [7, 11) is 0. The molecule has 5 nitrogen and oxygen atoms in total. The molecule has 5 heteroatoms. The van der Waals surface area contributed by atoms with Gasteiger partial charge < -0.3 is 14.3 Å². The lowest BCUT2D eigenvalue weighted by Crippen LogP contribution is -2.20. The standard InChI is InChI=1S/C24H18N2O3/c1-2-26-20-9-5-4-8-17(20)18-14-16(11-12-21(18)26)25-23(27)19-13-15-7-3-6-10-22(15)29-24(19)28/h3-14H,2H2,1H3,(H,25,27). The lowest BCUT2D eigenvalue weighted by molar-refractivity contribution is 0.102. The van der Waals surface area contributed by atoms with Crippen molar-refractivity contribution in [3.63, 3.8) is 0 Å². The molecule has 1 N–H and O–H groups in total. The third-order valence-corrected chi connectivity index (χ3v) is 5.23. The van der Waals surface area contributed by atoms with E-state index in [9.17, 15) is 9.59 Å². The Morgan fingerprint density at radius 2 is 1.69 bits per heavy atom. The number of para-hydroxylation sites is 2. The molecule has 0 unspecified atom stereocenters. The van der Waals surface area contributed by atoms with Gasteiger partial charge in [-0.15, -0.1) is 0 Å². The topological polar surface area (TPSA) is 64.2 Å². The minimum Gasteiger partial charge on any atom is -0.422 e. The smallest absolute Gasteiger partial charge is 0.349 e. The van der Waals surface area contributed by atoms with Gasteiger partial charge in [-0.3, -0.25) is 4.79 Å². The average Bonchev–Trinajstić information content (AvgIpc) is 3.06. The van der Waals surface area contributed by atoms with Gasteiger partial charge in [0.2, 0.25) is 0 Å². The van der Waals surface area contributed by atoms with Gasteiger partial charge in [0.05, 0.1) is 0 Å². The van der Waals surface area contributed by atoms with Crippen LogP contribution < -0.4 is 10.9 Å². The van der Waals surface area contributed by atoms with E-state index in [1.807, 2.05) is 36.4 Å². The fourth-order valence-electron chi connectivity index (χ4n) is 3.89. The van der Waals surface area contributed by atoms with Gasteiger partial charge in [-0.05, 0) is 43.3 Å². The van der Waals surface area contributed by atoms with Crippen molar-refractivity contribution < 1.29 is 9.21 Å². The molecule has 0 aliphatic rings. The first kappa shape index (κ1) is 17.3. The SMILES string of the molecule is CCn1c2ccccc2c2cc(NC(=O)c3cc4ccccc4oc3=O)ccc21. The summed E-state index contributed by atoms with van der Waals surface area (Å²) in [4.78, 5) is 25.0. The summed E-state index contributed by atoms with van der Waals surface area (Å²) < 4.78 is 7.52. The van der Waals surface area contributed by atoms with Crippen LogP contribution in [0.15, 0.2) is 82.0 Å². The second-order valence-corrected chi connectivity index (χ2v) is 6.93. The molecule has 5 rings (SSSR count). The van der Waals surface area contributed by atoms with Crippen molar-refractivity contribution in [1.82, 2.24) is 4.57 Å². The Morgan fingerprint density at radius 1 is 0.931 bits per heavy atom. The number of amides is 1. The van der Waals surface area contributed by atoms with Gasteiger partial charge in [-0.2, -0.15) is 0 Å². The first-order chi connectivity index (χ1) is 14.2. The van der Waals surface area contributed by atoms with Crippen molar-refractivity contribution in [2.24, 2.45) is 0 Å². The fraction of sp³-hybridized carbons (Fsp3) is 0.0833. The first-order valence-electron chi connectivity index (χ1n) is 9.51. The number of benzene rings is 3. The van der Waals surface area contributed by atoms with E-state index >= 15 is 0 Å². The highest BCUT2D eigenvalue weighted by atomic mass is 16.4. The lowest BCUT2D eigenvalue weighted by Gasteiger charge is -2.07. The summed E-state index contributed by atoms with van der Waals surface area (Å²) in [5.41, 5.74) is 2.70. The number of rotatable bonds is 3. The van der Waals surface area contributed by atoms with Crippen LogP contribution in [0.1, 0.15) is 17.3 Å². The minimum atomic E-state index is -0.648. The number of nitrogens with zero attached hydrogens (tertiary/aromatic N) is 1. The van der Waals surface area contributed by atoms with Gasteiger partial charge in [0.25, 0.3) is 5.91 Å². The largest absolute Gasteiger partial charge is 0.422 e. The van der Waals surface area contributed by atoms with Crippen LogP contribution in [0.3, 0.4) is 0 Å². The Balaban J connectivity index is 1.57. The van der Waals surface area contributed by atoms with Crippen LogP contribution in [0.2, 0.25) is 0 Å². The van der Waals surface area contributed by atoms with E-state index in [4.69, 9.17) is 4.42 Å². The zero-order valence-electron chi connectivity index (χ0n) is 15.8. The molecule has 1 amide bonds. The van der Waals surface area contributed by atoms with Gasteiger partial charge in [0, 0.05) is 39.4 Å². The molecule has 0 fully saturated rings. The number of hydrogen-bond acceptors (Lipinski definition) is 3. The van der Waals surface area contributed by atoms with E-state index in [-0.39, 0.29) is 5.56 Å². The molecular weight excluding hydrogens is 364 g/mol. The minimum absolute atomic E-state index is 0.0141. The highest BCUT2D eigenvalue weighted by molar-refractivity contribution is 6.11. The molecule has 2 aromatic heterocycles. The predicted molar refractivity (Wildman–Crippen MR) is 116 cm³/mol. The quantitative estimate of drug-likeness (QED) is 0.438. The number of nitrogens with one attached hydrogen (secondary N) is 1. The van der Waals surface area contributed by atoms with Gasteiger partial charge in [0.1, 0.15) is 11.1 Å². The maximum Gasteiger partial charge on any atom is 0.349 e. The Kier molecular flexibility index (Phi) is 3.95. The molecule has 0 aliphatic carbocycles. The number of anilines is 1. The molecular formula is C24H18N2O3. The van der Waals surface area contributed by atoms with Crippen LogP contribution >= 0.6 is 0 Å². The second kappa shape index (κ2) is 6.63. The van der Waals surface area contributed by atoms with Crippen LogP contribution in [0.25, 0.3) is 32.8 Å². The molecule has 0 saturated heterocycles. The molecule has 0 spiro atoms. The highest BCUT2D eigenvalue weighted by Gasteiger charge is 2.15. The molecule has 3 aromatic carbocycles. The first-order valence-corrected chi connectivity index (χ1v) is 9.51. The zero-order valence-corrected chi connectivity index (χ0v) is 15.8. The molecule has 0 saturated carbocycles. The zero-order chi connectivity index (χ0) is 20.0. The number of hydrogen-bond donors (Lipinski definition) is 1. The summed E-state index contributed by atoms with van der Waals surface area (Å²) >= 11 is 0. The summed E-state index contributed by atoms with van der Waals surface area (Å²) in [6, 6.07) is 22.7. The van der Waals surface area contributed by atoms with Crippen LogP contribution in [-0.2, 0) is 6.54 Å². The number of aromatic nitrogens is 1. The average molecular weight is 382 g/mol. The third kappa shape index (κ3) is 2.79. The maximum absolute atomic E-state index is 12.8. The van der Waals surface area contributed by atoms with Crippen LogP contribution in [0, 0.1) is 0 Å². The van der Waals surface area contributed by atoms with Crippen molar-refractivity contribution in [3.8, 4) is 0 Å². The van der Waals surface area contributed by atoms with Gasteiger partial charge in [-0.1, -0.05) is 36.4 Å². The number of carbonyl (C=O) groups excluding carboxylic acids is 1. The van der Waals surface area contributed by atoms with Crippen molar-refractivity contribution in [3.05, 3.63) is 88.8 Å². The third-order valence-electron chi connectivity index (χ3n) is 5.23. The second-order valence-electron chi connectivity index (χ2n) is 6.93. The Labute approximate surface area is 166 Å². The maximum atomic E-state index is 12.8. The van der Waals surface area contributed by atoms with Gasteiger partial charge in [-0.25, -0.2) is 4.79 Å². The van der Waals surface area contributed by atoms with Crippen molar-refractivity contribution >= 4 is 44.4 Å².